The second-order valence-electron chi connectivity index (χ2n) is 17.2. The first kappa shape index (κ1) is 41.4. The van der Waals surface area contributed by atoms with E-state index < -0.39 is 22.1 Å². The number of sulfonamides is 1. The predicted molar refractivity (Wildman–Crippen MR) is 229 cm³/mol. The number of halogens is 1. The molecule has 1 spiro atoms. The van der Waals surface area contributed by atoms with Crippen molar-refractivity contribution in [3.8, 4) is 17.2 Å². The summed E-state index contributed by atoms with van der Waals surface area (Å²) in [6.45, 7) is 2.37. The van der Waals surface area contributed by atoms with E-state index in [9.17, 15) is 23.4 Å². The highest BCUT2D eigenvalue weighted by Gasteiger charge is 2.50. The zero-order valence-electron chi connectivity index (χ0n) is 33.9. The Bertz CT molecular complexity index is 2190. The minimum Gasteiger partial charge on any atom is -0.497 e. The lowest BCUT2D eigenvalue weighted by molar-refractivity contribution is -0.00181. The maximum Gasteiger partial charge on any atom is 0.335 e. The van der Waals surface area contributed by atoms with Crippen molar-refractivity contribution in [1.29, 1.82) is 0 Å². The highest BCUT2D eigenvalue weighted by molar-refractivity contribution is 7.89. The zero-order valence-corrected chi connectivity index (χ0v) is 35.5. The fourth-order valence-corrected chi connectivity index (χ4v) is 11.6. The fraction of sp³-hybridized carbons (Fsp3) is 0.468. The number of anilines is 1. The number of aliphatic hydroxyl groups is 1. The Kier molecular flexibility index (Phi) is 12.2. The van der Waals surface area contributed by atoms with E-state index in [0.717, 1.165) is 66.8 Å². The summed E-state index contributed by atoms with van der Waals surface area (Å²) >= 11 is 6.44. The summed E-state index contributed by atoms with van der Waals surface area (Å²) in [5, 5.41) is 22.5. The third-order valence-corrected chi connectivity index (χ3v) is 15.6. The van der Waals surface area contributed by atoms with Crippen LogP contribution in [0.15, 0.2) is 84.9 Å². The molecule has 0 amide bonds. The molecule has 314 valence electrons. The Labute approximate surface area is 353 Å². The molecule has 6 atom stereocenters. The van der Waals surface area contributed by atoms with Crippen molar-refractivity contribution in [3.63, 3.8) is 0 Å². The van der Waals surface area contributed by atoms with Crippen LogP contribution >= 0.6 is 11.6 Å². The molecule has 0 unspecified atom stereocenters. The normalized spacial score (nSPS) is 24.0. The van der Waals surface area contributed by atoms with E-state index in [0.29, 0.717) is 43.4 Å². The topological polar surface area (TPSA) is 126 Å². The van der Waals surface area contributed by atoms with Gasteiger partial charge < -0.3 is 29.3 Å². The molecule has 2 N–H and O–H groups in total. The van der Waals surface area contributed by atoms with Gasteiger partial charge in [-0.2, -0.15) is 4.31 Å². The van der Waals surface area contributed by atoms with E-state index in [-0.39, 0.29) is 53.5 Å². The second-order valence-corrected chi connectivity index (χ2v) is 19.7. The Hall–Kier alpha value is -4.29. The predicted octanol–water partition coefficient (Wildman–Crippen LogP) is 8.36. The Morgan fingerprint density at radius 3 is 2.25 bits per heavy atom. The molecular formula is C47H55ClN2O8S. The number of aliphatic hydroxyl groups excluding tert-OH is 1. The monoisotopic (exact) mass is 842 g/mol. The van der Waals surface area contributed by atoms with Crippen LogP contribution in [0.1, 0.15) is 77.6 Å². The third kappa shape index (κ3) is 9.09. The largest absolute Gasteiger partial charge is 0.497 e. The first-order chi connectivity index (χ1) is 28.4. The fourth-order valence-electron chi connectivity index (χ4n) is 9.92. The molecule has 2 saturated carbocycles. The number of carbonyl (C=O) groups is 1. The van der Waals surface area contributed by atoms with Gasteiger partial charge in [0.25, 0.3) is 0 Å². The van der Waals surface area contributed by atoms with Crippen molar-refractivity contribution in [3.05, 3.63) is 118 Å². The maximum atomic E-state index is 13.9. The van der Waals surface area contributed by atoms with Gasteiger partial charge in [-0.1, -0.05) is 41.9 Å². The number of ether oxygens (including phenoxy) is 3. The van der Waals surface area contributed by atoms with Crippen LogP contribution in [0.5, 0.6) is 17.2 Å². The van der Waals surface area contributed by atoms with Gasteiger partial charge in [0.2, 0.25) is 10.0 Å². The van der Waals surface area contributed by atoms with Crippen LogP contribution in [-0.4, -0.2) is 74.7 Å². The summed E-state index contributed by atoms with van der Waals surface area (Å²) in [4.78, 5) is 14.5. The lowest BCUT2D eigenvalue weighted by Crippen LogP contribution is -2.50. The van der Waals surface area contributed by atoms with Gasteiger partial charge in [-0.15, -0.1) is 0 Å². The molecule has 4 aliphatic rings. The average molecular weight is 843 g/mol. The number of carboxylic acid groups (broad SMARTS) is 1. The van der Waals surface area contributed by atoms with Gasteiger partial charge in [0.1, 0.15) is 17.2 Å². The van der Waals surface area contributed by atoms with Crippen LogP contribution in [0.3, 0.4) is 0 Å². The van der Waals surface area contributed by atoms with Crippen molar-refractivity contribution in [1.82, 2.24) is 4.31 Å². The molecule has 2 fully saturated rings. The first-order valence-electron chi connectivity index (χ1n) is 20.9. The Morgan fingerprint density at radius 1 is 0.932 bits per heavy atom. The van der Waals surface area contributed by atoms with Gasteiger partial charge >= 0.3 is 5.97 Å². The molecular weight excluding hydrogens is 788 g/mol. The number of aromatic carboxylic acids is 1. The number of nitrogens with zero attached hydrogens (tertiary/aromatic N) is 2. The number of aryl methyl sites for hydroxylation is 1. The average Bonchev–Trinajstić information content (AvgIpc) is 4.02. The summed E-state index contributed by atoms with van der Waals surface area (Å²) in [7, 11) is -0.394. The van der Waals surface area contributed by atoms with Crippen molar-refractivity contribution < 1.29 is 37.6 Å². The molecule has 1 heterocycles. The number of hydrogen-bond donors (Lipinski definition) is 2. The molecule has 59 heavy (non-hydrogen) atoms. The van der Waals surface area contributed by atoms with E-state index in [2.05, 4.69) is 17.0 Å². The van der Waals surface area contributed by atoms with Crippen LogP contribution in [0, 0.1) is 23.7 Å². The van der Waals surface area contributed by atoms with Gasteiger partial charge in [-0.3, -0.25) is 0 Å². The van der Waals surface area contributed by atoms with E-state index in [4.69, 9.17) is 25.8 Å². The second kappa shape index (κ2) is 17.4. The molecule has 1 aliphatic heterocycles. The summed E-state index contributed by atoms with van der Waals surface area (Å²) in [6.07, 6.45) is 6.57. The number of methoxy groups -OCH3 is 2. The molecule has 3 aliphatic carbocycles. The number of fused-ring (bicyclic) bond motifs is 3. The van der Waals surface area contributed by atoms with Gasteiger partial charge in [-0.05, 0) is 152 Å². The molecule has 0 saturated heterocycles. The lowest BCUT2D eigenvalue weighted by Gasteiger charge is -2.46. The van der Waals surface area contributed by atoms with Crippen molar-refractivity contribution in [2.45, 2.75) is 76.0 Å². The minimum atomic E-state index is -3.61. The molecule has 4 aromatic carbocycles. The highest BCUT2D eigenvalue weighted by Crippen LogP contribution is 2.52. The number of rotatable bonds is 16. The van der Waals surface area contributed by atoms with Crippen LogP contribution in [0.2, 0.25) is 5.02 Å². The Morgan fingerprint density at radius 2 is 1.63 bits per heavy atom. The summed E-state index contributed by atoms with van der Waals surface area (Å²) in [5.41, 5.74) is 5.00. The molecule has 8 rings (SSSR count). The van der Waals surface area contributed by atoms with E-state index in [1.54, 1.807) is 36.7 Å². The number of carboxylic acids is 1. The van der Waals surface area contributed by atoms with Gasteiger partial charge in [0.05, 0.1) is 43.9 Å². The number of hydrogen-bond acceptors (Lipinski definition) is 8. The molecule has 12 heteroatoms. The first-order valence-corrected chi connectivity index (χ1v) is 22.9. The SMILES string of the molecule is COc1ccc(CN(Cc2ccc(OC)cc2)S(=O)(=O)CCC[C@H]2C[C@@H]2[C@H](O)[C@@H]2CC[C@H]2CN2C[C@@]3(CCCc4cc(Cl)ccc43)COc3ccc(C(=O)O)cc32)cc1. The molecule has 0 bridgehead atoms. The van der Waals surface area contributed by atoms with Crippen molar-refractivity contribution in [2.24, 2.45) is 23.7 Å². The zero-order chi connectivity index (χ0) is 41.3. The summed E-state index contributed by atoms with van der Waals surface area (Å²) in [5.74, 6) is 1.99. The standard InChI is InChI=1S/C47H55ClN2O8S/c1-56-38-14-7-31(8-15-38)26-50(27-32-9-16-39(57-2)17-10-32)59(54,55)22-4-6-33-24-41(33)45(51)40-18-11-36(40)28-49-29-47(21-3-5-34-23-37(48)13-19-42(34)47)30-58-44-20-12-35(46(52)53)25-43(44)49/h7-10,12-17,19-20,23,25,33,36,40-41,45,51H,3-6,11,18,21-22,24,26-30H2,1-2H3,(H,52,53)/t33-,36-,40+,41-,45+,47-/m0/s1. The lowest BCUT2D eigenvalue weighted by atomic mass is 9.68. The maximum absolute atomic E-state index is 13.9. The third-order valence-electron chi connectivity index (χ3n) is 13.5. The van der Waals surface area contributed by atoms with Gasteiger partial charge in [0, 0.05) is 36.6 Å². The molecule has 4 aromatic rings. The Balaban J connectivity index is 0.917. The van der Waals surface area contributed by atoms with Crippen molar-refractivity contribution >= 4 is 33.3 Å². The summed E-state index contributed by atoms with van der Waals surface area (Å²) < 4.78 is 46.6. The van der Waals surface area contributed by atoms with E-state index in [1.165, 1.54) is 11.1 Å². The summed E-state index contributed by atoms with van der Waals surface area (Å²) in [6, 6.07) is 26.3. The van der Waals surface area contributed by atoms with Crippen molar-refractivity contribution in [2.75, 3.05) is 44.6 Å². The smallest absolute Gasteiger partial charge is 0.335 e. The highest BCUT2D eigenvalue weighted by atomic mass is 35.5. The van der Waals surface area contributed by atoms with Crippen LogP contribution in [0.25, 0.3) is 0 Å². The molecule has 0 radical (unpaired) electrons. The van der Waals surface area contributed by atoms with Crippen LogP contribution < -0.4 is 19.1 Å². The van der Waals surface area contributed by atoms with Crippen LogP contribution in [-0.2, 0) is 34.9 Å². The van der Waals surface area contributed by atoms with Crippen LogP contribution in [0.4, 0.5) is 5.69 Å². The van der Waals surface area contributed by atoms with E-state index >= 15 is 0 Å². The quantitative estimate of drug-likeness (QED) is 0.115. The van der Waals surface area contributed by atoms with E-state index in [1.807, 2.05) is 54.6 Å². The van der Waals surface area contributed by atoms with Gasteiger partial charge in [-0.25, -0.2) is 13.2 Å². The van der Waals surface area contributed by atoms with Gasteiger partial charge in [0.15, 0.2) is 0 Å². The minimum absolute atomic E-state index is 0.0382. The molecule has 0 aromatic heterocycles. The molecule has 10 nitrogen and oxygen atoms in total. The number of benzene rings is 4.